The Bertz CT molecular complexity index is 1330. The normalized spacial score (nSPS) is 19.9. The van der Waals surface area contributed by atoms with Gasteiger partial charge in [0.15, 0.2) is 0 Å². The molecule has 202 valence electrons. The summed E-state index contributed by atoms with van der Waals surface area (Å²) in [6.45, 7) is 6.27. The molecule has 2 amide bonds. The zero-order chi connectivity index (χ0) is 27.4. The van der Waals surface area contributed by atoms with Crippen LogP contribution in [0.2, 0.25) is 0 Å². The lowest BCUT2D eigenvalue weighted by atomic mass is 9.90. The van der Waals surface area contributed by atoms with Crippen molar-refractivity contribution in [3.63, 3.8) is 0 Å². The predicted molar refractivity (Wildman–Crippen MR) is 153 cm³/mol. The highest BCUT2D eigenvalue weighted by Gasteiger charge is 2.48. The number of hydrogen-bond acceptors (Lipinski definition) is 5. The van der Waals surface area contributed by atoms with Crippen LogP contribution in [0.25, 0.3) is 10.8 Å². The first kappa shape index (κ1) is 27.9. The Morgan fingerprint density at radius 3 is 2.66 bits per heavy atom. The van der Waals surface area contributed by atoms with Gasteiger partial charge >= 0.3 is 0 Å². The van der Waals surface area contributed by atoms with Crippen LogP contribution in [0.15, 0.2) is 59.1 Å². The lowest BCUT2D eigenvalue weighted by molar-refractivity contribution is -0.134. The van der Waals surface area contributed by atoms with Crippen molar-refractivity contribution in [2.75, 3.05) is 25.7 Å². The zero-order valence-electron chi connectivity index (χ0n) is 22.5. The van der Waals surface area contributed by atoms with E-state index in [4.69, 9.17) is 14.2 Å². The molecular formula is C30H35BrN2O5. The number of carbonyl (C=O) groups excluding carboxylic acids is 2. The molecule has 7 nitrogen and oxygen atoms in total. The minimum absolute atomic E-state index is 0.184. The van der Waals surface area contributed by atoms with Gasteiger partial charge in [0.05, 0.1) is 25.9 Å². The second kappa shape index (κ2) is 11.7. The van der Waals surface area contributed by atoms with Gasteiger partial charge in [-0.1, -0.05) is 54.0 Å². The number of carbonyl (C=O) groups is 2. The summed E-state index contributed by atoms with van der Waals surface area (Å²) in [7, 11) is 3.24. The molecule has 3 aromatic carbocycles. The molecule has 38 heavy (non-hydrogen) atoms. The second-order valence-electron chi connectivity index (χ2n) is 9.91. The Morgan fingerprint density at radius 2 is 1.95 bits per heavy atom. The van der Waals surface area contributed by atoms with E-state index in [2.05, 4.69) is 21.2 Å². The number of rotatable bonds is 9. The number of anilines is 1. The fourth-order valence-corrected chi connectivity index (χ4v) is 5.20. The summed E-state index contributed by atoms with van der Waals surface area (Å²) in [5.74, 6) is 0.572. The molecule has 1 aliphatic heterocycles. The Kier molecular flexibility index (Phi) is 8.63. The monoisotopic (exact) mass is 582 g/mol. The van der Waals surface area contributed by atoms with E-state index in [1.807, 2.05) is 75.4 Å². The van der Waals surface area contributed by atoms with Crippen molar-refractivity contribution < 1.29 is 23.8 Å². The third-order valence-corrected chi connectivity index (χ3v) is 7.85. The van der Waals surface area contributed by atoms with Gasteiger partial charge in [0.1, 0.15) is 23.1 Å². The summed E-state index contributed by atoms with van der Waals surface area (Å²) < 4.78 is 18.7. The number of nitrogens with zero attached hydrogens (tertiary/aromatic N) is 1. The van der Waals surface area contributed by atoms with Crippen molar-refractivity contribution >= 4 is 44.2 Å². The minimum atomic E-state index is -1.03. The Labute approximate surface area is 232 Å². The molecule has 3 atom stereocenters. The van der Waals surface area contributed by atoms with Gasteiger partial charge < -0.3 is 24.4 Å². The van der Waals surface area contributed by atoms with Crippen molar-refractivity contribution in [1.29, 1.82) is 0 Å². The quantitative estimate of drug-likeness (QED) is 0.342. The summed E-state index contributed by atoms with van der Waals surface area (Å²) in [6, 6.07) is 16.5. The molecule has 1 heterocycles. The van der Waals surface area contributed by atoms with Gasteiger partial charge in [-0.3, -0.25) is 9.59 Å². The first-order valence-electron chi connectivity index (χ1n) is 12.9. The molecule has 0 fully saturated rings. The van der Waals surface area contributed by atoms with E-state index in [1.54, 1.807) is 19.1 Å². The Morgan fingerprint density at radius 1 is 1.18 bits per heavy atom. The van der Waals surface area contributed by atoms with Gasteiger partial charge in [-0.2, -0.15) is 0 Å². The maximum Gasteiger partial charge on any atom is 0.254 e. The maximum absolute atomic E-state index is 14.5. The molecule has 1 N–H and O–H groups in total. The number of ether oxygens (including phenoxy) is 3. The van der Waals surface area contributed by atoms with Crippen LogP contribution in [-0.2, 0) is 20.9 Å². The number of hydrogen-bond donors (Lipinski definition) is 1. The molecule has 0 spiro atoms. The molecule has 1 aliphatic rings. The highest BCUT2D eigenvalue weighted by atomic mass is 79.9. The minimum Gasteiger partial charge on any atom is -0.496 e. The van der Waals surface area contributed by atoms with Gasteiger partial charge in [0, 0.05) is 29.5 Å². The van der Waals surface area contributed by atoms with E-state index in [1.165, 1.54) is 0 Å². The van der Waals surface area contributed by atoms with Crippen molar-refractivity contribution in [2.24, 2.45) is 5.92 Å². The molecule has 3 aromatic rings. The number of methoxy groups -OCH3 is 2. The fourth-order valence-electron chi connectivity index (χ4n) is 4.82. The summed E-state index contributed by atoms with van der Waals surface area (Å²) in [4.78, 5) is 29.3. The van der Waals surface area contributed by atoms with Crippen molar-refractivity contribution in [3.05, 3.63) is 64.6 Å². The maximum atomic E-state index is 14.5. The average molecular weight is 584 g/mol. The first-order valence-corrected chi connectivity index (χ1v) is 13.7. The van der Waals surface area contributed by atoms with Crippen molar-refractivity contribution in [1.82, 2.24) is 5.32 Å². The van der Waals surface area contributed by atoms with Gasteiger partial charge in [0.2, 0.25) is 5.91 Å². The predicted octanol–water partition coefficient (Wildman–Crippen LogP) is 5.86. The highest BCUT2D eigenvalue weighted by molar-refractivity contribution is 9.10. The molecule has 0 bridgehead atoms. The van der Waals surface area contributed by atoms with Crippen LogP contribution in [0.3, 0.4) is 0 Å². The van der Waals surface area contributed by atoms with Crippen LogP contribution in [0.1, 0.15) is 39.2 Å². The Balaban J connectivity index is 1.86. The SMILES string of the molecule is CC[C@@H](C)C(=O)NC1C(=O)N(Cc2c(OC)ccc3cc(Br)ccc23)c2ccccc2OC1(C)CCOC. The molecule has 0 aliphatic carbocycles. The van der Waals surface area contributed by atoms with Crippen LogP contribution >= 0.6 is 15.9 Å². The molecule has 0 radical (unpaired) electrons. The number of para-hydroxylation sites is 2. The summed E-state index contributed by atoms with van der Waals surface area (Å²) in [6.07, 6.45) is 1.07. The first-order chi connectivity index (χ1) is 18.2. The molecule has 2 unspecified atom stereocenters. The molecule has 0 aromatic heterocycles. The Hall–Kier alpha value is -3.10. The van der Waals surface area contributed by atoms with Crippen LogP contribution < -0.4 is 19.7 Å². The number of amides is 2. The van der Waals surface area contributed by atoms with E-state index in [0.717, 1.165) is 20.8 Å². The van der Waals surface area contributed by atoms with Gasteiger partial charge in [-0.15, -0.1) is 0 Å². The van der Waals surface area contributed by atoms with Crippen LogP contribution in [0.4, 0.5) is 5.69 Å². The molecule has 0 saturated carbocycles. The summed E-state index contributed by atoms with van der Waals surface area (Å²) >= 11 is 3.55. The van der Waals surface area contributed by atoms with Crippen LogP contribution in [-0.4, -0.2) is 44.3 Å². The number of benzene rings is 3. The van der Waals surface area contributed by atoms with Crippen molar-refractivity contribution in [3.8, 4) is 11.5 Å². The standard InChI is InChI=1S/C30H35BrN2O5/c1-6-19(2)28(34)32-27-29(35)33(24-9-7-8-10-26(24)38-30(27,3)15-16-36-4)18-23-22-13-12-21(31)17-20(22)11-14-25(23)37-5/h7-14,17,19,27H,6,15-16,18H2,1-5H3,(H,32,34)/t19-,27?,30?/m1/s1. The van der Waals surface area contributed by atoms with E-state index in [-0.39, 0.29) is 24.3 Å². The van der Waals surface area contributed by atoms with E-state index < -0.39 is 11.6 Å². The van der Waals surface area contributed by atoms with Crippen LogP contribution in [0.5, 0.6) is 11.5 Å². The molecular weight excluding hydrogens is 548 g/mol. The number of fused-ring (bicyclic) bond motifs is 2. The van der Waals surface area contributed by atoms with Gasteiger partial charge in [-0.25, -0.2) is 0 Å². The number of halogens is 1. The van der Waals surface area contributed by atoms with E-state index in [0.29, 0.717) is 36.6 Å². The fraction of sp³-hybridized carbons (Fsp3) is 0.400. The summed E-state index contributed by atoms with van der Waals surface area (Å²) in [5.41, 5.74) is 0.472. The zero-order valence-corrected chi connectivity index (χ0v) is 24.1. The third kappa shape index (κ3) is 5.52. The average Bonchev–Trinajstić information content (AvgIpc) is 3.00. The highest BCUT2D eigenvalue weighted by Crippen LogP contribution is 2.40. The summed E-state index contributed by atoms with van der Waals surface area (Å²) in [5, 5.41) is 5.03. The smallest absolute Gasteiger partial charge is 0.254 e. The lowest BCUT2D eigenvalue weighted by Crippen LogP contribution is -2.61. The molecule has 8 heteroatoms. The van der Waals surface area contributed by atoms with E-state index in [9.17, 15) is 9.59 Å². The van der Waals surface area contributed by atoms with E-state index >= 15 is 0 Å². The topological polar surface area (TPSA) is 77.1 Å². The lowest BCUT2D eigenvalue weighted by Gasteiger charge is -2.36. The van der Waals surface area contributed by atoms with Crippen molar-refractivity contribution in [2.45, 2.75) is 51.8 Å². The second-order valence-corrected chi connectivity index (χ2v) is 10.8. The van der Waals surface area contributed by atoms with Gasteiger partial charge in [-0.05, 0) is 54.4 Å². The van der Waals surface area contributed by atoms with Crippen LogP contribution in [0, 0.1) is 5.92 Å². The number of nitrogens with one attached hydrogen (secondary N) is 1. The molecule has 4 rings (SSSR count). The van der Waals surface area contributed by atoms with Gasteiger partial charge in [0.25, 0.3) is 5.91 Å². The molecule has 0 saturated heterocycles. The third-order valence-electron chi connectivity index (χ3n) is 7.36. The largest absolute Gasteiger partial charge is 0.496 e.